The summed E-state index contributed by atoms with van der Waals surface area (Å²) in [6, 6.07) is 7.80. The second-order valence-electron chi connectivity index (χ2n) is 3.83. The number of para-hydroxylation sites is 1. The molecule has 86 valence electrons. The zero-order valence-corrected chi connectivity index (χ0v) is 9.99. The molecule has 0 aromatic heterocycles. The molecular formula is C13H17NO2. The van der Waals surface area contributed by atoms with Crippen LogP contribution >= 0.6 is 0 Å². The van der Waals surface area contributed by atoms with Crippen molar-refractivity contribution < 1.29 is 9.47 Å². The normalized spacial score (nSPS) is 10.2. The first-order valence-corrected chi connectivity index (χ1v) is 5.35. The fraction of sp³-hybridized carbons (Fsp3) is 0.462. The van der Waals surface area contributed by atoms with Crippen LogP contribution in [-0.2, 0) is 4.74 Å². The van der Waals surface area contributed by atoms with Crippen molar-refractivity contribution >= 4 is 0 Å². The Labute approximate surface area is 96.6 Å². The van der Waals surface area contributed by atoms with Crippen molar-refractivity contribution in [2.75, 3.05) is 20.3 Å². The van der Waals surface area contributed by atoms with Gasteiger partial charge >= 0.3 is 0 Å². The van der Waals surface area contributed by atoms with Crippen LogP contribution in [0, 0.1) is 11.3 Å². The molecule has 0 atom stereocenters. The highest BCUT2D eigenvalue weighted by molar-refractivity contribution is 5.49. The first-order chi connectivity index (χ1) is 7.70. The van der Waals surface area contributed by atoms with Crippen LogP contribution in [0.25, 0.3) is 0 Å². The van der Waals surface area contributed by atoms with Crippen LogP contribution in [0.2, 0.25) is 0 Å². The Morgan fingerprint density at radius 1 is 1.31 bits per heavy atom. The van der Waals surface area contributed by atoms with Crippen molar-refractivity contribution in [3.8, 4) is 11.8 Å². The lowest BCUT2D eigenvalue weighted by molar-refractivity contribution is 0.145. The van der Waals surface area contributed by atoms with Gasteiger partial charge in [0.15, 0.2) is 0 Å². The third-order valence-corrected chi connectivity index (χ3v) is 2.32. The van der Waals surface area contributed by atoms with Gasteiger partial charge in [0.1, 0.15) is 18.4 Å². The van der Waals surface area contributed by atoms with Gasteiger partial charge in [0.05, 0.1) is 12.2 Å². The van der Waals surface area contributed by atoms with E-state index in [1.54, 1.807) is 13.2 Å². The van der Waals surface area contributed by atoms with Crippen molar-refractivity contribution in [2.45, 2.75) is 19.8 Å². The Morgan fingerprint density at radius 2 is 2.06 bits per heavy atom. The highest BCUT2D eigenvalue weighted by Crippen LogP contribution is 2.29. The molecular weight excluding hydrogens is 202 g/mol. The molecule has 0 saturated heterocycles. The molecule has 0 heterocycles. The zero-order valence-electron chi connectivity index (χ0n) is 9.99. The molecule has 0 aliphatic heterocycles. The lowest BCUT2D eigenvalue weighted by Crippen LogP contribution is -2.07. The molecule has 0 N–H and O–H groups in total. The van der Waals surface area contributed by atoms with E-state index in [4.69, 9.17) is 14.7 Å². The van der Waals surface area contributed by atoms with E-state index in [2.05, 4.69) is 19.9 Å². The summed E-state index contributed by atoms with van der Waals surface area (Å²) in [7, 11) is 1.63. The average molecular weight is 219 g/mol. The Kier molecular flexibility index (Phi) is 4.81. The minimum Gasteiger partial charge on any atom is -0.490 e. The Bertz CT molecular complexity index is 380. The summed E-state index contributed by atoms with van der Waals surface area (Å²) >= 11 is 0. The van der Waals surface area contributed by atoms with E-state index in [1.807, 2.05) is 12.1 Å². The van der Waals surface area contributed by atoms with E-state index < -0.39 is 0 Å². The van der Waals surface area contributed by atoms with Gasteiger partial charge in [0.25, 0.3) is 0 Å². The summed E-state index contributed by atoms with van der Waals surface area (Å²) in [6.45, 7) is 5.16. The molecule has 1 rings (SSSR count). The lowest BCUT2D eigenvalue weighted by Gasteiger charge is -2.14. The molecule has 0 aliphatic carbocycles. The number of nitriles is 1. The second-order valence-corrected chi connectivity index (χ2v) is 3.83. The fourth-order valence-electron chi connectivity index (χ4n) is 1.49. The van der Waals surface area contributed by atoms with E-state index in [-0.39, 0.29) is 0 Å². The van der Waals surface area contributed by atoms with Crippen molar-refractivity contribution in [1.29, 1.82) is 5.26 Å². The monoisotopic (exact) mass is 219 g/mol. The number of methoxy groups -OCH3 is 1. The number of rotatable bonds is 5. The van der Waals surface area contributed by atoms with Crippen LogP contribution in [0.3, 0.4) is 0 Å². The summed E-state index contributed by atoms with van der Waals surface area (Å²) < 4.78 is 10.5. The number of hydrogen-bond donors (Lipinski definition) is 0. The largest absolute Gasteiger partial charge is 0.490 e. The molecule has 0 fully saturated rings. The van der Waals surface area contributed by atoms with E-state index >= 15 is 0 Å². The van der Waals surface area contributed by atoms with Crippen LogP contribution in [-0.4, -0.2) is 20.3 Å². The van der Waals surface area contributed by atoms with Gasteiger partial charge in [-0.05, 0) is 17.5 Å². The minimum absolute atomic E-state index is 0.339. The third kappa shape index (κ3) is 2.98. The fourth-order valence-corrected chi connectivity index (χ4v) is 1.49. The summed E-state index contributed by atoms with van der Waals surface area (Å²) in [5, 5.41) is 9.02. The molecule has 0 aliphatic rings. The van der Waals surface area contributed by atoms with Gasteiger partial charge < -0.3 is 9.47 Å². The third-order valence-electron chi connectivity index (χ3n) is 2.32. The highest BCUT2D eigenvalue weighted by atomic mass is 16.5. The van der Waals surface area contributed by atoms with Crippen LogP contribution in [0.5, 0.6) is 5.75 Å². The summed E-state index contributed by atoms with van der Waals surface area (Å²) in [5.41, 5.74) is 1.65. The van der Waals surface area contributed by atoms with Gasteiger partial charge in [-0.3, -0.25) is 0 Å². The van der Waals surface area contributed by atoms with Crippen LogP contribution < -0.4 is 4.74 Å². The van der Waals surface area contributed by atoms with Gasteiger partial charge in [-0.1, -0.05) is 26.0 Å². The molecule has 0 amide bonds. The summed E-state index contributed by atoms with van der Waals surface area (Å²) in [6.07, 6.45) is 0. The second kappa shape index (κ2) is 6.14. The molecule has 0 unspecified atom stereocenters. The molecule has 1 aromatic carbocycles. The standard InChI is InChI=1S/C13H17NO2/c1-10(2)12-6-4-5-11(9-14)13(12)16-8-7-15-3/h4-6,10H,7-8H2,1-3H3. The van der Waals surface area contributed by atoms with E-state index in [9.17, 15) is 0 Å². The molecule has 3 nitrogen and oxygen atoms in total. The topological polar surface area (TPSA) is 42.2 Å². The molecule has 1 aromatic rings. The molecule has 0 spiro atoms. The number of hydrogen-bond acceptors (Lipinski definition) is 3. The minimum atomic E-state index is 0.339. The van der Waals surface area contributed by atoms with Crippen molar-refractivity contribution in [1.82, 2.24) is 0 Å². The number of nitrogens with zero attached hydrogens (tertiary/aromatic N) is 1. The van der Waals surface area contributed by atoms with Gasteiger partial charge in [-0.15, -0.1) is 0 Å². The maximum absolute atomic E-state index is 9.02. The first kappa shape index (κ1) is 12.5. The first-order valence-electron chi connectivity index (χ1n) is 5.35. The Balaban J connectivity index is 2.96. The SMILES string of the molecule is COCCOc1c(C#N)cccc1C(C)C. The summed E-state index contributed by atoms with van der Waals surface area (Å²) in [5.74, 6) is 1.03. The van der Waals surface area contributed by atoms with E-state index in [0.717, 1.165) is 5.56 Å². The Hall–Kier alpha value is -1.53. The predicted molar refractivity (Wildman–Crippen MR) is 62.6 cm³/mol. The number of ether oxygens (including phenoxy) is 2. The van der Waals surface area contributed by atoms with E-state index in [1.165, 1.54) is 0 Å². The Morgan fingerprint density at radius 3 is 2.62 bits per heavy atom. The average Bonchev–Trinajstić information content (AvgIpc) is 2.29. The molecule has 0 radical (unpaired) electrons. The van der Waals surface area contributed by atoms with Gasteiger partial charge in [0, 0.05) is 7.11 Å². The zero-order chi connectivity index (χ0) is 12.0. The molecule has 3 heteroatoms. The van der Waals surface area contributed by atoms with Crippen molar-refractivity contribution in [2.24, 2.45) is 0 Å². The quantitative estimate of drug-likeness (QED) is 0.715. The van der Waals surface area contributed by atoms with Crippen molar-refractivity contribution in [3.05, 3.63) is 29.3 Å². The maximum Gasteiger partial charge on any atom is 0.140 e. The van der Waals surface area contributed by atoms with Gasteiger partial charge in [0.2, 0.25) is 0 Å². The van der Waals surface area contributed by atoms with Gasteiger partial charge in [-0.25, -0.2) is 0 Å². The molecule has 16 heavy (non-hydrogen) atoms. The molecule has 0 saturated carbocycles. The molecule has 0 bridgehead atoms. The predicted octanol–water partition coefficient (Wildman–Crippen LogP) is 2.71. The van der Waals surface area contributed by atoms with Crippen LogP contribution in [0.4, 0.5) is 0 Å². The van der Waals surface area contributed by atoms with Gasteiger partial charge in [-0.2, -0.15) is 5.26 Å². The van der Waals surface area contributed by atoms with Crippen LogP contribution in [0.15, 0.2) is 18.2 Å². The maximum atomic E-state index is 9.02. The van der Waals surface area contributed by atoms with Crippen molar-refractivity contribution in [3.63, 3.8) is 0 Å². The van der Waals surface area contributed by atoms with Crippen LogP contribution in [0.1, 0.15) is 30.9 Å². The van der Waals surface area contributed by atoms with E-state index in [0.29, 0.717) is 30.4 Å². The lowest BCUT2D eigenvalue weighted by atomic mass is 9.99. The highest BCUT2D eigenvalue weighted by Gasteiger charge is 2.12. The number of benzene rings is 1. The summed E-state index contributed by atoms with van der Waals surface area (Å²) in [4.78, 5) is 0. The smallest absolute Gasteiger partial charge is 0.140 e.